The molecule has 0 aromatic carbocycles. The Morgan fingerprint density at radius 1 is 1.39 bits per heavy atom. The fourth-order valence-electron chi connectivity index (χ4n) is 3.71. The summed E-state index contributed by atoms with van der Waals surface area (Å²) in [6, 6.07) is 4.12. The predicted octanol–water partition coefficient (Wildman–Crippen LogP) is 2.13. The zero-order valence-corrected chi connectivity index (χ0v) is 14.3. The largest absolute Gasteiger partial charge is 0.453 e. The number of rotatable bonds is 4. The van der Waals surface area contributed by atoms with Crippen molar-refractivity contribution in [3.63, 3.8) is 0 Å². The number of hydrogen-bond donors (Lipinski definition) is 1. The van der Waals surface area contributed by atoms with E-state index < -0.39 is 0 Å². The second kappa shape index (κ2) is 6.30. The molecular formula is C16H23N5OS. The maximum absolute atomic E-state index is 5.97. The number of piperidine rings is 1. The van der Waals surface area contributed by atoms with Crippen LogP contribution in [0.3, 0.4) is 0 Å². The van der Waals surface area contributed by atoms with Crippen LogP contribution in [0.1, 0.15) is 25.0 Å². The lowest BCUT2D eigenvalue weighted by Crippen LogP contribution is -2.41. The maximum atomic E-state index is 5.97. The average molecular weight is 333 g/mol. The van der Waals surface area contributed by atoms with Gasteiger partial charge in [-0.15, -0.1) is 10.2 Å². The highest BCUT2D eigenvalue weighted by Gasteiger charge is 2.38. The summed E-state index contributed by atoms with van der Waals surface area (Å²) >= 11 is 1.52. The third-order valence-electron chi connectivity index (χ3n) is 4.96. The van der Waals surface area contributed by atoms with Crippen molar-refractivity contribution < 1.29 is 4.42 Å². The average Bonchev–Trinajstić information content (AvgIpc) is 3.25. The number of furan rings is 1. The standard InChI is InChI=1S/C16H23N5OS/c1-20-12-18-19-15(20)23-14-4-3-13(22-14)9-21-8-6-16(11-21)5-2-7-17-10-16/h3-4,12,17H,2,5-11H2,1H3/t16-/m1/s1. The van der Waals surface area contributed by atoms with Gasteiger partial charge in [0.15, 0.2) is 10.2 Å². The van der Waals surface area contributed by atoms with Crippen LogP contribution in [0, 0.1) is 5.41 Å². The molecule has 2 fully saturated rings. The molecule has 2 aliphatic rings. The lowest BCUT2D eigenvalue weighted by molar-refractivity contribution is 0.192. The van der Waals surface area contributed by atoms with E-state index in [1.54, 1.807) is 6.33 Å². The SMILES string of the molecule is Cn1cnnc1Sc1ccc(CN2CC[C@@]3(CCCNC3)C2)o1. The Labute approximate surface area is 140 Å². The minimum Gasteiger partial charge on any atom is -0.453 e. The quantitative estimate of drug-likeness (QED) is 0.925. The van der Waals surface area contributed by atoms with Crippen molar-refractivity contribution in [2.75, 3.05) is 26.2 Å². The van der Waals surface area contributed by atoms with Crippen LogP contribution in [-0.2, 0) is 13.6 Å². The number of nitrogens with zero attached hydrogens (tertiary/aromatic N) is 4. The zero-order valence-electron chi connectivity index (χ0n) is 13.5. The smallest absolute Gasteiger partial charge is 0.198 e. The molecule has 0 unspecified atom stereocenters. The topological polar surface area (TPSA) is 59.1 Å². The van der Waals surface area contributed by atoms with E-state index in [0.717, 1.165) is 22.6 Å². The number of aromatic nitrogens is 3. The first-order chi connectivity index (χ1) is 11.2. The van der Waals surface area contributed by atoms with Crippen LogP contribution < -0.4 is 5.32 Å². The second-order valence-corrected chi connectivity index (χ2v) is 7.76. The highest BCUT2D eigenvalue weighted by atomic mass is 32.2. The zero-order chi connectivity index (χ0) is 15.7. The first kappa shape index (κ1) is 15.2. The van der Waals surface area contributed by atoms with E-state index in [2.05, 4.69) is 26.5 Å². The van der Waals surface area contributed by atoms with E-state index in [-0.39, 0.29) is 0 Å². The number of nitrogens with one attached hydrogen (secondary N) is 1. The summed E-state index contributed by atoms with van der Waals surface area (Å²) in [4.78, 5) is 2.53. The molecule has 2 saturated heterocycles. The molecule has 2 aromatic heterocycles. The molecule has 2 aromatic rings. The van der Waals surface area contributed by atoms with Gasteiger partial charge in [0.1, 0.15) is 12.1 Å². The lowest BCUT2D eigenvalue weighted by Gasteiger charge is -2.33. The Morgan fingerprint density at radius 3 is 3.13 bits per heavy atom. The van der Waals surface area contributed by atoms with Gasteiger partial charge in [0.05, 0.1) is 6.54 Å². The van der Waals surface area contributed by atoms with Crippen LogP contribution in [-0.4, -0.2) is 45.8 Å². The number of likely N-dealkylation sites (tertiary alicyclic amines) is 1. The minimum absolute atomic E-state index is 0.501. The van der Waals surface area contributed by atoms with Crippen molar-refractivity contribution in [1.29, 1.82) is 0 Å². The van der Waals surface area contributed by atoms with Crippen LogP contribution in [0.25, 0.3) is 0 Å². The molecular weight excluding hydrogens is 310 g/mol. The van der Waals surface area contributed by atoms with E-state index in [4.69, 9.17) is 4.42 Å². The monoisotopic (exact) mass is 333 g/mol. The van der Waals surface area contributed by atoms with Gasteiger partial charge in [0.2, 0.25) is 0 Å². The van der Waals surface area contributed by atoms with Crippen molar-refractivity contribution in [2.45, 2.75) is 36.1 Å². The Balaban J connectivity index is 1.36. The van der Waals surface area contributed by atoms with Gasteiger partial charge in [0.25, 0.3) is 0 Å². The third kappa shape index (κ3) is 3.32. The third-order valence-corrected chi connectivity index (χ3v) is 5.93. The molecule has 0 radical (unpaired) electrons. The first-order valence-electron chi connectivity index (χ1n) is 8.26. The molecule has 2 aliphatic heterocycles. The van der Waals surface area contributed by atoms with Crippen LogP contribution in [0.15, 0.2) is 33.1 Å². The van der Waals surface area contributed by atoms with Crippen molar-refractivity contribution >= 4 is 11.8 Å². The molecule has 4 heterocycles. The van der Waals surface area contributed by atoms with E-state index in [1.807, 2.05) is 17.7 Å². The summed E-state index contributed by atoms with van der Waals surface area (Å²) < 4.78 is 7.87. The van der Waals surface area contributed by atoms with E-state index >= 15 is 0 Å². The molecule has 0 amide bonds. The molecule has 23 heavy (non-hydrogen) atoms. The Hall–Kier alpha value is -1.31. The van der Waals surface area contributed by atoms with Crippen molar-refractivity contribution in [2.24, 2.45) is 12.5 Å². The van der Waals surface area contributed by atoms with Crippen LogP contribution in [0.4, 0.5) is 0 Å². The van der Waals surface area contributed by atoms with Gasteiger partial charge >= 0.3 is 0 Å². The fourth-order valence-corrected chi connectivity index (χ4v) is 4.46. The van der Waals surface area contributed by atoms with Gasteiger partial charge in [-0.3, -0.25) is 4.90 Å². The normalized spacial score (nSPS) is 25.4. The molecule has 7 heteroatoms. The van der Waals surface area contributed by atoms with E-state index in [9.17, 15) is 0 Å². The van der Waals surface area contributed by atoms with Crippen molar-refractivity contribution in [3.05, 3.63) is 24.2 Å². The van der Waals surface area contributed by atoms with Gasteiger partial charge in [-0.05, 0) is 61.7 Å². The Morgan fingerprint density at radius 2 is 2.35 bits per heavy atom. The summed E-state index contributed by atoms with van der Waals surface area (Å²) in [6.07, 6.45) is 5.68. The van der Waals surface area contributed by atoms with Crippen molar-refractivity contribution in [1.82, 2.24) is 25.0 Å². The van der Waals surface area contributed by atoms with Gasteiger partial charge in [0, 0.05) is 20.1 Å². The summed E-state index contributed by atoms with van der Waals surface area (Å²) in [7, 11) is 1.94. The number of hydrogen-bond acceptors (Lipinski definition) is 6. The summed E-state index contributed by atoms with van der Waals surface area (Å²) in [6.45, 7) is 5.62. The van der Waals surface area contributed by atoms with Gasteiger partial charge < -0.3 is 14.3 Å². The summed E-state index contributed by atoms with van der Waals surface area (Å²) in [5.41, 5.74) is 0.501. The van der Waals surface area contributed by atoms with Crippen LogP contribution >= 0.6 is 11.8 Å². The van der Waals surface area contributed by atoms with Crippen LogP contribution in [0.2, 0.25) is 0 Å². The fraction of sp³-hybridized carbons (Fsp3) is 0.625. The van der Waals surface area contributed by atoms with E-state index in [0.29, 0.717) is 5.41 Å². The molecule has 1 atom stereocenters. The molecule has 0 aliphatic carbocycles. The highest BCUT2D eigenvalue weighted by Crippen LogP contribution is 2.37. The lowest BCUT2D eigenvalue weighted by atomic mass is 9.80. The molecule has 6 nitrogen and oxygen atoms in total. The Kier molecular flexibility index (Phi) is 4.17. The molecule has 4 rings (SSSR count). The minimum atomic E-state index is 0.501. The van der Waals surface area contributed by atoms with Gasteiger partial charge in [-0.1, -0.05) is 0 Å². The van der Waals surface area contributed by atoms with Gasteiger partial charge in [-0.25, -0.2) is 0 Å². The predicted molar refractivity (Wildman–Crippen MR) is 88.3 cm³/mol. The van der Waals surface area contributed by atoms with Crippen LogP contribution in [0.5, 0.6) is 0 Å². The summed E-state index contributed by atoms with van der Waals surface area (Å²) in [5, 5.41) is 13.3. The molecule has 1 spiro atoms. The molecule has 0 saturated carbocycles. The second-order valence-electron chi connectivity index (χ2n) is 6.79. The summed E-state index contributed by atoms with van der Waals surface area (Å²) in [5.74, 6) is 1.04. The number of aryl methyl sites for hydroxylation is 1. The molecule has 124 valence electrons. The van der Waals surface area contributed by atoms with Crippen molar-refractivity contribution in [3.8, 4) is 0 Å². The van der Waals surface area contributed by atoms with E-state index in [1.165, 1.54) is 57.2 Å². The molecule has 1 N–H and O–H groups in total. The highest BCUT2D eigenvalue weighted by molar-refractivity contribution is 7.99. The first-order valence-corrected chi connectivity index (χ1v) is 9.08. The Bertz CT molecular complexity index is 661. The maximum Gasteiger partial charge on any atom is 0.198 e. The molecule has 0 bridgehead atoms. The van der Waals surface area contributed by atoms with Gasteiger partial charge in [-0.2, -0.15) is 0 Å².